The van der Waals surface area contributed by atoms with Crippen molar-refractivity contribution in [1.82, 2.24) is 0 Å². The Balaban J connectivity index is 2.52. The van der Waals surface area contributed by atoms with Gasteiger partial charge in [-0.15, -0.1) is 0 Å². The van der Waals surface area contributed by atoms with Crippen LogP contribution in [0.25, 0.3) is 0 Å². The van der Waals surface area contributed by atoms with Gasteiger partial charge in [0.1, 0.15) is 0 Å². The summed E-state index contributed by atoms with van der Waals surface area (Å²) >= 11 is 0. The van der Waals surface area contributed by atoms with E-state index in [-0.39, 0.29) is 11.3 Å². The van der Waals surface area contributed by atoms with Gasteiger partial charge in [0.05, 0.1) is 5.92 Å². The summed E-state index contributed by atoms with van der Waals surface area (Å²) in [6.07, 6.45) is 3.80. The Bertz CT molecular complexity index is 322. The van der Waals surface area contributed by atoms with Crippen LogP contribution in [0.1, 0.15) is 60.3 Å². The first-order chi connectivity index (χ1) is 7.80. The summed E-state index contributed by atoms with van der Waals surface area (Å²) in [5.74, 6) is -0.116. The van der Waals surface area contributed by atoms with Gasteiger partial charge in [-0.3, -0.25) is 4.79 Å². The maximum Gasteiger partial charge on any atom is 0.306 e. The normalized spacial score (nSPS) is 24.1. The number of carboxylic acids is 1. The fourth-order valence-electron chi connectivity index (χ4n) is 3.10. The van der Waals surface area contributed by atoms with Crippen LogP contribution in [0.15, 0.2) is 11.1 Å². The van der Waals surface area contributed by atoms with Gasteiger partial charge in [-0.1, -0.05) is 31.9 Å². The fraction of sp³-hybridized carbons (Fsp3) is 0.800. The van der Waals surface area contributed by atoms with Crippen molar-refractivity contribution in [2.24, 2.45) is 17.3 Å². The Kier molecular flexibility index (Phi) is 4.40. The summed E-state index contributed by atoms with van der Waals surface area (Å²) in [6.45, 7) is 10.9. The lowest BCUT2D eigenvalue weighted by molar-refractivity contribution is -0.142. The third-order valence-electron chi connectivity index (χ3n) is 4.56. The molecule has 0 aromatic carbocycles. The van der Waals surface area contributed by atoms with E-state index >= 15 is 0 Å². The summed E-state index contributed by atoms with van der Waals surface area (Å²) in [6, 6.07) is 0. The summed E-state index contributed by atoms with van der Waals surface area (Å²) < 4.78 is 0. The molecular formula is C15H26O2. The summed E-state index contributed by atoms with van der Waals surface area (Å²) in [7, 11) is 0. The highest BCUT2D eigenvalue weighted by atomic mass is 16.4. The van der Waals surface area contributed by atoms with Gasteiger partial charge in [-0.2, -0.15) is 0 Å². The van der Waals surface area contributed by atoms with Crippen LogP contribution in [0.3, 0.4) is 0 Å². The standard InChI is InChI=1S/C15H26O2/c1-6-11(14(16)17)7-8-12-9-13(10(2)3)15(12,4)5/h11-12H,6-9H2,1-5H3,(H,16,17)/t11?,12-/m0/s1. The maximum atomic E-state index is 11.0. The van der Waals surface area contributed by atoms with Crippen LogP contribution < -0.4 is 0 Å². The molecule has 0 spiro atoms. The van der Waals surface area contributed by atoms with E-state index in [2.05, 4.69) is 27.7 Å². The molecule has 1 N–H and O–H groups in total. The van der Waals surface area contributed by atoms with Crippen LogP contribution in [-0.2, 0) is 4.79 Å². The molecule has 1 rings (SSSR count). The second-order valence-corrected chi connectivity index (χ2v) is 6.12. The Morgan fingerprint density at radius 1 is 1.47 bits per heavy atom. The molecule has 2 nitrogen and oxygen atoms in total. The zero-order valence-corrected chi connectivity index (χ0v) is 11.8. The molecule has 2 heteroatoms. The van der Waals surface area contributed by atoms with E-state index in [1.165, 1.54) is 12.0 Å². The van der Waals surface area contributed by atoms with Crippen molar-refractivity contribution in [3.8, 4) is 0 Å². The van der Waals surface area contributed by atoms with Crippen LogP contribution in [0.2, 0.25) is 0 Å². The molecule has 0 aliphatic heterocycles. The molecule has 1 unspecified atom stereocenters. The van der Waals surface area contributed by atoms with Crippen molar-refractivity contribution >= 4 is 5.97 Å². The molecule has 0 radical (unpaired) electrons. The van der Waals surface area contributed by atoms with Crippen LogP contribution in [0.5, 0.6) is 0 Å². The molecule has 1 aliphatic rings. The van der Waals surface area contributed by atoms with E-state index in [1.54, 1.807) is 5.57 Å². The average molecular weight is 238 g/mol. The highest BCUT2D eigenvalue weighted by molar-refractivity contribution is 5.69. The fourth-order valence-corrected chi connectivity index (χ4v) is 3.10. The molecule has 0 aromatic rings. The van der Waals surface area contributed by atoms with Crippen LogP contribution >= 0.6 is 0 Å². The third kappa shape index (κ3) is 2.91. The van der Waals surface area contributed by atoms with Crippen molar-refractivity contribution < 1.29 is 9.90 Å². The second-order valence-electron chi connectivity index (χ2n) is 6.12. The molecule has 0 amide bonds. The first-order valence-corrected chi connectivity index (χ1v) is 6.70. The van der Waals surface area contributed by atoms with Gasteiger partial charge in [0.15, 0.2) is 0 Å². The van der Waals surface area contributed by atoms with Crippen molar-refractivity contribution in [2.75, 3.05) is 0 Å². The smallest absolute Gasteiger partial charge is 0.306 e. The Labute approximate surface area is 105 Å². The molecule has 1 aliphatic carbocycles. The molecule has 0 saturated heterocycles. The maximum absolute atomic E-state index is 11.0. The van der Waals surface area contributed by atoms with E-state index in [1.807, 2.05) is 6.92 Å². The van der Waals surface area contributed by atoms with Gasteiger partial charge in [0, 0.05) is 0 Å². The highest BCUT2D eigenvalue weighted by Gasteiger charge is 2.43. The molecule has 98 valence electrons. The van der Waals surface area contributed by atoms with Crippen molar-refractivity contribution in [3.05, 3.63) is 11.1 Å². The zero-order valence-electron chi connectivity index (χ0n) is 11.8. The summed E-state index contributed by atoms with van der Waals surface area (Å²) in [4.78, 5) is 11.0. The molecule has 1 fully saturated rings. The number of hydrogen-bond donors (Lipinski definition) is 1. The molecule has 0 bridgehead atoms. The van der Waals surface area contributed by atoms with Crippen molar-refractivity contribution in [3.63, 3.8) is 0 Å². The largest absolute Gasteiger partial charge is 0.481 e. The third-order valence-corrected chi connectivity index (χ3v) is 4.56. The lowest BCUT2D eigenvalue weighted by atomic mass is 9.56. The van der Waals surface area contributed by atoms with Crippen molar-refractivity contribution in [1.29, 1.82) is 0 Å². The Morgan fingerprint density at radius 2 is 2.06 bits per heavy atom. The number of carbonyl (C=O) groups is 1. The minimum atomic E-state index is -0.632. The van der Waals surface area contributed by atoms with Crippen LogP contribution in [0.4, 0.5) is 0 Å². The highest BCUT2D eigenvalue weighted by Crippen LogP contribution is 2.54. The van der Waals surface area contributed by atoms with E-state index in [4.69, 9.17) is 5.11 Å². The number of allylic oxidation sites excluding steroid dienone is 2. The minimum absolute atomic E-state index is 0.151. The van der Waals surface area contributed by atoms with Gasteiger partial charge >= 0.3 is 5.97 Å². The Hall–Kier alpha value is -0.790. The zero-order chi connectivity index (χ0) is 13.2. The van der Waals surface area contributed by atoms with Gasteiger partial charge < -0.3 is 5.11 Å². The number of carboxylic acid groups (broad SMARTS) is 1. The SMILES string of the molecule is CCC(CC[C@H]1CC(=C(C)C)C1(C)C)C(=O)O. The topological polar surface area (TPSA) is 37.3 Å². The van der Waals surface area contributed by atoms with Gasteiger partial charge in [-0.25, -0.2) is 0 Å². The van der Waals surface area contributed by atoms with E-state index in [0.29, 0.717) is 5.92 Å². The Morgan fingerprint density at radius 3 is 2.41 bits per heavy atom. The van der Waals surface area contributed by atoms with Gasteiger partial charge in [-0.05, 0) is 50.9 Å². The van der Waals surface area contributed by atoms with E-state index in [9.17, 15) is 4.79 Å². The van der Waals surface area contributed by atoms with Gasteiger partial charge in [0.25, 0.3) is 0 Å². The molecule has 0 aromatic heterocycles. The molecule has 1 saturated carbocycles. The first kappa shape index (κ1) is 14.3. The van der Waals surface area contributed by atoms with Crippen LogP contribution in [-0.4, -0.2) is 11.1 Å². The first-order valence-electron chi connectivity index (χ1n) is 6.70. The molecular weight excluding hydrogens is 212 g/mol. The van der Waals surface area contributed by atoms with E-state index < -0.39 is 5.97 Å². The quantitative estimate of drug-likeness (QED) is 0.727. The predicted molar refractivity (Wildman–Crippen MR) is 70.9 cm³/mol. The van der Waals surface area contributed by atoms with E-state index in [0.717, 1.165) is 19.3 Å². The lowest BCUT2D eigenvalue weighted by Gasteiger charge is -2.49. The number of aliphatic carboxylic acids is 1. The predicted octanol–water partition coefficient (Wildman–Crippen LogP) is 4.26. The van der Waals surface area contributed by atoms with Crippen LogP contribution in [0, 0.1) is 17.3 Å². The van der Waals surface area contributed by atoms with Gasteiger partial charge in [0.2, 0.25) is 0 Å². The molecule has 0 heterocycles. The summed E-state index contributed by atoms with van der Waals surface area (Å²) in [5, 5.41) is 9.04. The molecule has 2 atom stereocenters. The number of hydrogen-bond acceptors (Lipinski definition) is 1. The average Bonchev–Trinajstić information content (AvgIpc) is 2.21. The number of rotatable bonds is 5. The monoisotopic (exact) mass is 238 g/mol. The summed E-state index contributed by atoms with van der Waals surface area (Å²) in [5.41, 5.74) is 3.30. The minimum Gasteiger partial charge on any atom is -0.481 e. The second kappa shape index (κ2) is 5.24. The lowest BCUT2D eigenvalue weighted by Crippen LogP contribution is -2.38. The molecule has 17 heavy (non-hydrogen) atoms. The van der Waals surface area contributed by atoms with Crippen molar-refractivity contribution in [2.45, 2.75) is 60.3 Å².